The molecule has 7 nitrogen and oxygen atoms in total. The minimum atomic E-state index is -3.75. The third-order valence-corrected chi connectivity index (χ3v) is 6.04. The summed E-state index contributed by atoms with van der Waals surface area (Å²) >= 11 is 0. The standard InChI is InChI=1S/C24H23N3O4S/c1-17-3-4-18(2)23(15-17)27-32(29,30)22-11-9-21(10-12-22)31-16-24(28)26-20-7-5-19(6-8-20)13-14-25/h3-12,15,27H,13,16H2,1-2H3,(H,26,28). The van der Waals surface area contributed by atoms with Gasteiger partial charge >= 0.3 is 0 Å². The summed E-state index contributed by atoms with van der Waals surface area (Å²) < 4.78 is 33.4. The number of nitrogens with one attached hydrogen (secondary N) is 2. The summed E-state index contributed by atoms with van der Waals surface area (Å²) in [5.74, 6) is 0.0153. The smallest absolute Gasteiger partial charge is 0.262 e. The molecule has 0 aliphatic heterocycles. The zero-order chi connectivity index (χ0) is 23.1. The van der Waals surface area contributed by atoms with Crippen LogP contribution >= 0.6 is 0 Å². The Labute approximate surface area is 187 Å². The van der Waals surface area contributed by atoms with Gasteiger partial charge in [-0.25, -0.2) is 8.42 Å². The normalized spacial score (nSPS) is 10.8. The molecule has 0 saturated heterocycles. The van der Waals surface area contributed by atoms with Gasteiger partial charge in [0.05, 0.1) is 23.1 Å². The van der Waals surface area contributed by atoms with Crippen LogP contribution in [-0.4, -0.2) is 20.9 Å². The molecule has 8 heteroatoms. The monoisotopic (exact) mass is 449 g/mol. The van der Waals surface area contributed by atoms with Crippen molar-refractivity contribution in [3.8, 4) is 11.8 Å². The summed E-state index contributed by atoms with van der Waals surface area (Å²) in [4.78, 5) is 12.2. The van der Waals surface area contributed by atoms with Crippen LogP contribution in [0.5, 0.6) is 5.75 Å². The maximum absolute atomic E-state index is 12.7. The first-order valence-electron chi connectivity index (χ1n) is 9.85. The molecule has 0 heterocycles. The summed E-state index contributed by atoms with van der Waals surface area (Å²) in [6, 6.07) is 20.4. The zero-order valence-corrected chi connectivity index (χ0v) is 18.6. The third-order valence-electron chi connectivity index (χ3n) is 4.66. The largest absolute Gasteiger partial charge is 0.484 e. The molecule has 0 aliphatic rings. The minimum Gasteiger partial charge on any atom is -0.484 e. The molecule has 0 radical (unpaired) electrons. The lowest BCUT2D eigenvalue weighted by Gasteiger charge is -2.12. The number of nitrogens with zero attached hydrogens (tertiary/aromatic N) is 1. The average molecular weight is 450 g/mol. The molecular weight excluding hydrogens is 426 g/mol. The number of carbonyl (C=O) groups is 1. The lowest BCUT2D eigenvalue weighted by molar-refractivity contribution is -0.118. The third kappa shape index (κ3) is 6.09. The first kappa shape index (κ1) is 22.8. The minimum absolute atomic E-state index is 0.0904. The Morgan fingerprint density at radius 2 is 1.69 bits per heavy atom. The Bertz CT molecular complexity index is 1250. The van der Waals surface area contributed by atoms with E-state index in [1.54, 1.807) is 30.3 Å². The zero-order valence-electron chi connectivity index (χ0n) is 17.8. The van der Waals surface area contributed by atoms with Crippen LogP contribution in [0.4, 0.5) is 11.4 Å². The SMILES string of the molecule is Cc1ccc(C)c(NS(=O)(=O)c2ccc(OCC(=O)Nc3ccc(CC#N)cc3)cc2)c1. The summed E-state index contributed by atoms with van der Waals surface area (Å²) in [6.45, 7) is 3.50. The van der Waals surface area contributed by atoms with Gasteiger partial charge in [0.15, 0.2) is 6.61 Å². The van der Waals surface area contributed by atoms with E-state index in [1.165, 1.54) is 24.3 Å². The fourth-order valence-corrected chi connectivity index (χ4v) is 4.03. The molecule has 0 aromatic heterocycles. The van der Waals surface area contributed by atoms with Crippen molar-refractivity contribution in [2.45, 2.75) is 25.2 Å². The fourth-order valence-electron chi connectivity index (χ4n) is 2.91. The van der Waals surface area contributed by atoms with Crippen molar-refractivity contribution >= 4 is 27.3 Å². The number of amides is 1. The van der Waals surface area contributed by atoms with E-state index in [0.717, 1.165) is 16.7 Å². The number of hydrogen-bond donors (Lipinski definition) is 2. The predicted octanol–water partition coefficient (Wildman–Crippen LogP) is 4.19. The van der Waals surface area contributed by atoms with Crippen LogP contribution in [0, 0.1) is 25.2 Å². The van der Waals surface area contributed by atoms with Crippen LogP contribution in [0.15, 0.2) is 71.6 Å². The molecule has 0 unspecified atom stereocenters. The second-order valence-electron chi connectivity index (χ2n) is 7.26. The van der Waals surface area contributed by atoms with Gasteiger partial charge < -0.3 is 10.1 Å². The van der Waals surface area contributed by atoms with E-state index in [1.807, 2.05) is 26.0 Å². The second-order valence-corrected chi connectivity index (χ2v) is 8.95. The molecule has 0 aliphatic carbocycles. The van der Waals surface area contributed by atoms with Crippen molar-refractivity contribution in [3.05, 3.63) is 83.4 Å². The number of ether oxygens (including phenoxy) is 1. The number of rotatable bonds is 8. The van der Waals surface area contributed by atoms with E-state index in [-0.39, 0.29) is 17.4 Å². The Hall–Kier alpha value is -3.83. The molecular formula is C24H23N3O4S. The molecule has 0 fully saturated rings. The highest BCUT2D eigenvalue weighted by atomic mass is 32.2. The van der Waals surface area contributed by atoms with Crippen molar-refractivity contribution in [2.24, 2.45) is 0 Å². The van der Waals surface area contributed by atoms with Crippen LogP contribution in [-0.2, 0) is 21.2 Å². The number of carbonyl (C=O) groups excluding carboxylic acids is 1. The molecule has 2 N–H and O–H groups in total. The van der Waals surface area contributed by atoms with Gasteiger partial charge in [0.1, 0.15) is 5.75 Å². The molecule has 3 aromatic rings. The van der Waals surface area contributed by atoms with E-state index in [2.05, 4.69) is 16.1 Å². The molecule has 0 saturated carbocycles. The Kier molecular flexibility index (Phi) is 7.13. The van der Waals surface area contributed by atoms with Crippen molar-refractivity contribution in [1.82, 2.24) is 0 Å². The van der Waals surface area contributed by atoms with Crippen LogP contribution in [0.1, 0.15) is 16.7 Å². The first-order chi connectivity index (χ1) is 15.3. The van der Waals surface area contributed by atoms with E-state index in [9.17, 15) is 13.2 Å². The van der Waals surface area contributed by atoms with Gasteiger partial charge in [-0.15, -0.1) is 0 Å². The Morgan fingerprint density at radius 1 is 1.00 bits per heavy atom. The van der Waals surface area contributed by atoms with Gasteiger partial charge in [0.2, 0.25) is 0 Å². The van der Waals surface area contributed by atoms with Crippen molar-refractivity contribution in [3.63, 3.8) is 0 Å². The molecule has 3 aromatic carbocycles. The summed E-state index contributed by atoms with van der Waals surface area (Å²) in [6.07, 6.45) is 0.309. The van der Waals surface area contributed by atoms with Crippen molar-refractivity contribution < 1.29 is 17.9 Å². The summed E-state index contributed by atoms with van der Waals surface area (Å²) in [7, 11) is -3.75. The number of anilines is 2. The van der Waals surface area contributed by atoms with Gasteiger partial charge in [0, 0.05) is 5.69 Å². The van der Waals surface area contributed by atoms with E-state index in [0.29, 0.717) is 23.5 Å². The first-order valence-corrected chi connectivity index (χ1v) is 11.3. The van der Waals surface area contributed by atoms with Crippen molar-refractivity contribution in [2.75, 3.05) is 16.6 Å². The lowest BCUT2D eigenvalue weighted by atomic mass is 10.1. The summed E-state index contributed by atoms with van der Waals surface area (Å²) in [5.41, 5.74) is 3.77. The molecule has 0 atom stereocenters. The molecule has 3 rings (SSSR count). The molecule has 1 amide bonds. The number of aryl methyl sites for hydroxylation is 2. The molecule has 0 bridgehead atoms. The second kappa shape index (κ2) is 9.98. The lowest BCUT2D eigenvalue weighted by Crippen LogP contribution is -2.20. The number of nitriles is 1. The van der Waals surface area contributed by atoms with Crippen LogP contribution in [0.25, 0.3) is 0 Å². The quantitative estimate of drug-likeness (QED) is 0.536. The van der Waals surface area contributed by atoms with E-state index in [4.69, 9.17) is 10.00 Å². The molecule has 0 spiro atoms. The van der Waals surface area contributed by atoms with Gasteiger partial charge in [0.25, 0.3) is 15.9 Å². The number of sulfonamides is 1. The highest BCUT2D eigenvalue weighted by molar-refractivity contribution is 7.92. The Balaban J connectivity index is 1.57. The van der Waals surface area contributed by atoms with Crippen LogP contribution in [0.2, 0.25) is 0 Å². The van der Waals surface area contributed by atoms with Gasteiger partial charge in [-0.2, -0.15) is 5.26 Å². The van der Waals surface area contributed by atoms with Gasteiger partial charge in [-0.1, -0.05) is 24.3 Å². The predicted molar refractivity (Wildman–Crippen MR) is 123 cm³/mol. The average Bonchev–Trinajstić information content (AvgIpc) is 2.76. The van der Waals surface area contributed by atoms with Gasteiger partial charge in [-0.3, -0.25) is 9.52 Å². The molecule has 164 valence electrons. The van der Waals surface area contributed by atoms with Gasteiger partial charge in [-0.05, 0) is 73.0 Å². The maximum atomic E-state index is 12.7. The Morgan fingerprint density at radius 3 is 2.34 bits per heavy atom. The number of benzene rings is 3. The fraction of sp³-hybridized carbons (Fsp3) is 0.167. The number of hydrogen-bond acceptors (Lipinski definition) is 5. The van der Waals surface area contributed by atoms with E-state index < -0.39 is 10.0 Å². The summed E-state index contributed by atoms with van der Waals surface area (Å²) in [5, 5.41) is 11.4. The maximum Gasteiger partial charge on any atom is 0.262 e. The van der Waals surface area contributed by atoms with E-state index >= 15 is 0 Å². The highest BCUT2D eigenvalue weighted by Crippen LogP contribution is 2.22. The highest BCUT2D eigenvalue weighted by Gasteiger charge is 2.15. The molecule has 32 heavy (non-hydrogen) atoms. The van der Waals surface area contributed by atoms with Crippen molar-refractivity contribution in [1.29, 1.82) is 5.26 Å². The van der Waals surface area contributed by atoms with Crippen LogP contribution < -0.4 is 14.8 Å². The topological polar surface area (TPSA) is 108 Å². The van der Waals surface area contributed by atoms with Crippen LogP contribution in [0.3, 0.4) is 0 Å².